The van der Waals surface area contributed by atoms with Crippen LogP contribution < -0.4 is 21.7 Å². The number of hydrogen-bond acceptors (Lipinski definition) is 6. The van der Waals surface area contributed by atoms with E-state index in [1.807, 2.05) is 27.7 Å². The zero-order chi connectivity index (χ0) is 31.9. The lowest BCUT2D eigenvalue weighted by atomic mass is 9.81. The molecular weight excluding hydrogens is 550 g/mol. The molecule has 1 heterocycles. The van der Waals surface area contributed by atoms with Crippen LogP contribution in [0.5, 0.6) is 0 Å². The van der Waals surface area contributed by atoms with Crippen molar-refractivity contribution in [2.45, 2.75) is 123 Å². The molecule has 0 aromatic heterocycles. The molecule has 3 saturated carbocycles. The molecule has 240 valence electrons. The largest absolute Gasteiger partial charge is 0.363 e. The Hall–Kier alpha value is -2.98. The number of rotatable bonds is 12. The third-order valence-corrected chi connectivity index (χ3v) is 10.3. The molecule has 1 saturated heterocycles. The number of likely N-dealkylation sites (tertiary alicyclic amines) is 1. The maximum Gasteiger partial charge on any atom is 0.316 e. The van der Waals surface area contributed by atoms with Gasteiger partial charge in [-0.2, -0.15) is 0 Å². The molecule has 0 spiro atoms. The number of nitrogens with zero attached hydrogens (tertiary/aromatic N) is 1. The maximum atomic E-state index is 14.2. The predicted octanol–water partition coefficient (Wildman–Crippen LogP) is 2.45. The highest BCUT2D eigenvalue weighted by Gasteiger charge is 2.70. The summed E-state index contributed by atoms with van der Waals surface area (Å²) in [5, 5.41) is 8.54. The Bertz CT molecular complexity index is 1140. The summed E-state index contributed by atoms with van der Waals surface area (Å²) in [6.45, 7) is 11.8. The third kappa shape index (κ3) is 7.06. The highest BCUT2D eigenvalue weighted by atomic mass is 16.2. The van der Waals surface area contributed by atoms with Crippen molar-refractivity contribution in [3.05, 3.63) is 0 Å². The summed E-state index contributed by atoms with van der Waals surface area (Å²) < 4.78 is 0. The highest BCUT2D eigenvalue weighted by Crippen LogP contribution is 2.65. The normalized spacial score (nSPS) is 26.8. The van der Waals surface area contributed by atoms with Crippen LogP contribution in [0.25, 0.3) is 0 Å². The quantitative estimate of drug-likeness (QED) is 0.251. The molecule has 0 aromatic rings. The number of nitrogens with one attached hydrogen (secondary N) is 3. The summed E-state index contributed by atoms with van der Waals surface area (Å²) in [5.41, 5.74) is 4.35. The minimum Gasteiger partial charge on any atom is -0.363 e. The van der Waals surface area contributed by atoms with Crippen molar-refractivity contribution < 1.29 is 28.8 Å². The van der Waals surface area contributed by atoms with Crippen molar-refractivity contribution >= 4 is 35.3 Å². The summed E-state index contributed by atoms with van der Waals surface area (Å²) in [6, 6.07) is -4.01. The van der Waals surface area contributed by atoms with Gasteiger partial charge in [-0.3, -0.25) is 24.0 Å². The number of ketones is 2. The van der Waals surface area contributed by atoms with Gasteiger partial charge < -0.3 is 26.6 Å². The second kappa shape index (κ2) is 12.6. The van der Waals surface area contributed by atoms with Crippen LogP contribution in [-0.2, 0) is 24.0 Å². The second-order valence-corrected chi connectivity index (χ2v) is 14.9. The molecule has 0 radical (unpaired) electrons. The number of Topliss-reactive ketones (excluding diaryl/α,β-unsaturated/α-hetero) is 2. The van der Waals surface area contributed by atoms with Crippen molar-refractivity contribution in [1.82, 2.24) is 20.9 Å². The number of amides is 5. The summed E-state index contributed by atoms with van der Waals surface area (Å²) in [7, 11) is 0. The number of piperidine rings is 1. The minimum atomic E-state index is -1.11. The van der Waals surface area contributed by atoms with Crippen LogP contribution in [0.1, 0.15) is 99.3 Å². The number of carbonyl (C=O) groups is 6. The summed E-state index contributed by atoms with van der Waals surface area (Å²) in [6.07, 6.45) is 7.50. The first-order valence-electron chi connectivity index (χ1n) is 16.1. The molecule has 5 N–H and O–H groups in total. The van der Waals surface area contributed by atoms with Crippen LogP contribution in [0.4, 0.5) is 4.79 Å². The molecule has 4 aliphatic rings. The van der Waals surface area contributed by atoms with Gasteiger partial charge in [-0.1, -0.05) is 67.2 Å². The van der Waals surface area contributed by atoms with Gasteiger partial charge in [0.1, 0.15) is 12.1 Å². The first-order valence-corrected chi connectivity index (χ1v) is 16.1. The van der Waals surface area contributed by atoms with E-state index in [9.17, 15) is 28.8 Å². The molecule has 11 heteroatoms. The Balaban J connectivity index is 1.52. The van der Waals surface area contributed by atoms with Crippen molar-refractivity contribution in [2.75, 3.05) is 6.54 Å². The number of carbonyl (C=O) groups excluding carboxylic acids is 6. The average molecular weight is 602 g/mol. The van der Waals surface area contributed by atoms with Gasteiger partial charge >= 0.3 is 6.03 Å². The molecule has 11 nitrogen and oxygen atoms in total. The van der Waals surface area contributed by atoms with Crippen molar-refractivity contribution in [2.24, 2.45) is 40.2 Å². The minimum absolute atomic E-state index is 0.00389. The maximum absolute atomic E-state index is 14.2. The van der Waals surface area contributed by atoms with E-state index >= 15 is 0 Å². The van der Waals surface area contributed by atoms with Gasteiger partial charge in [-0.15, -0.1) is 0 Å². The monoisotopic (exact) mass is 601 g/mol. The Morgan fingerprint density at radius 3 is 2.09 bits per heavy atom. The lowest BCUT2D eigenvalue weighted by molar-refractivity contribution is -0.145. The van der Waals surface area contributed by atoms with Crippen molar-refractivity contribution in [3.63, 3.8) is 0 Å². The summed E-state index contributed by atoms with van der Waals surface area (Å²) in [4.78, 5) is 80.1. The van der Waals surface area contributed by atoms with Crippen molar-refractivity contribution in [1.29, 1.82) is 0 Å². The number of primary amides is 1. The Morgan fingerprint density at radius 2 is 1.56 bits per heavy atom. The zero-order valence-corrected chi connectivity index (χ0v) is 26.7. The van der Waals surface area contributed by atoms with E-state index in [1.54, 1.807) is 0 Å². The Kier molecular flexibility index (Phi) is 9.61. The molecule has 6 atom stereocenters. The van der Waals surface area contributed by atoms with E-state index in [1.165, 1.54) is 4.90 Å². The highest BCUT2D eigenvalue weighted by molar-refractivity contribution is 6.37. The van der Waals surface area contributed by atoms with Crippen molar-refractivity contribution in [3.8, 4) is 0 Å². The van der Waals surface area contributed by atoms with E-state index in [-0.39, 0.29) is 47.2 Å². The van der Waals surface area contributed by atoms with Gasteiger partial charge in [0.2, 0.25) is 17.6 Å². The Labute approximate surface area is 255 Å². The van der Waals surface area contributed by atoms with Crippen LogP contribution >= 0.6 is 0 Å². The van der Waals surface area contributed by atoms with E-state index in [0.717, 1.165) is 44.9 Å². The predicted molar refractivity (Wildman–Crippen MR) is 160 cm³/mol. The lowest BCUT2D eigenvalue weighted by Crippen LogP contribution is -2.62. The molecule has 0 bridgehead atoms. The molecule has 3 aliphatic carbocycles. The van der Waals surface area contributed by atoms with Gasteiger partial charge in [-0.25, -0.2) is 4.79 Å². The number of nitrogens with two attached hydrogens (primary N) is 1. The van der Waals surface area contributed by atoms with Crippen LogP contribution in [0.2, 0.25) is 0 Å². The standard InChI is InChI=1S/C32H51N5O6/c1-7-11-20(25(39)27(33)40)34-28(41)23-21-19(32(21,5)6)16-37(23)29(42)26(31(2,3)4)36-30(43)35-22(24(38)18-14-15-18)17-12-9-8-10-13-17/h17-23,26H,7-16H2,1-6H3,(H2,33,40)(H,34,41)(H2,35,36,43)/t19?,20?,21-,22-,23-,26+/m0/s1. The first-order chi connectivity index (χ1) is 20.1. The number of hydrogen-bond donors (Lipinski definition) is 4. The number of fused-ring (bicyclic) bond motifs is 1. The van der Waals surface area contributed by atoms with Gasteiger partial charge in [0.15, 0.2) is 5.78 Å². The first kappa shape index (κ1) is 32.9. The third-order valence-electron chi connectivity index (χ3n) is 10.3. The van der Waals surface area contributed by atoms with Crippen LogP contribution in [0.15, 0.2) is 0 Å². The van der Waals surface area contributed by atoms with E-state index in [4.69, 9.17) is 5.73 Å². The van der Waals surface area contributed by atoms with Gasteiger partial charge in [-0.05, 0) is 60.7 Å². The summed E-state index contributed by atoms with van der Waals surface area (Å²) in [5.74, 6) is -2.71. The van der Waals surface area contributed by atoms with Gasteiger partial charge in [0, 0.05) is 12.5 Å². The van der Waals surface area contributed by atoms with E-state index in [0.29, 0.717) is 13.0 Å². The smallest absolute Gasteiger partial charge is 0.316 e. The van der Waals surface area contributed by atoms with Crippen LogP contribution in [-0.4, -0.2) is 70.9 Å². The molecule has 1 aliphatic heterocycles. The zero-order valence-electron chi connectivity index (χ0n) is 26.7. The fourth-order valence-electron chi connectivity index (χ4n) is 7.44. The molecular formula is C32H51N5O6. The van der Waals surface area contributed by atoms with Gasteiger partial charge in [0.05, 0.1) is 12.1 Å². The van der Waals surface area contributed by atoms with E-state index in [2.05, 4.69) is 29.8 Å². The molecule has 0 aromatic carbocycles. The molecule has 4 fully saturated rings. The molecule has 5 amide bonds. The SMILES string of the molecule is CCCC(NC(=O)[C@@H]1[C@@H]2C(CN1C(=O)[C@@H](NC(=O)N[C@H](C(=O)C1CC1)C1CCCCC1)C(C)(C)C)C2(C)C)C(=O)C(N)=O. The molecule has 4 rings (SSSR count). The summed E-state index contributed by atoms with van der Waals surface area (Å²) >= 11 is 0. The molecule has 43 heavy (non-hydrogen) atoms. The van der Waals surface area contributed by atoms with E-state index < -0.39 is 53.2 Å². The van der Waals surface area contributed by atoms with Gasteiger partial charge in [0.25, 0.3) is 5.91 Å². The topological polar surface area (TPSA) is 168 Å². The fraction of sp³-hybridized carbons (Fsp3) is 0.812. The lowest BCUT2D eigenvalue weighted by Gasteiger charge is -2.38. The Morgan fingerprint density at radius 1 is 0.930 bits per heavy atom. The molecule has 2 unspecified atom stereocenters. The van der Waals surface area contributed by atoms with Crippen LogP contribution in [0.3, 0.4) is 0 Å². The average Bonchev–Trinajstić information content (AvgIpc) is 3.82. The fourth-order valence-corrected chi connectivity index (χ4v) is 7.44. The number of urea groups is 1. The second-order valence-electron chi connectivity index (χ2n) is 14.9. The van der Waals surface area contributed by atoms with Crippen LogP contribution in [0, 0.1) is 34.5 Å².